The van der Waals surface area contributed by atoms with Crippen molar-refractivity contribution in [2.45, 2.75) is 13.0 Å². The molecule has 196 valence electrons. The molecule has 39 heavy (non-hydrogen) atoms. The number of aliphatic hydroxyl groups excluding tert-OH is 1. The molecule has 4 aromatic rings. The number of hydrogen-bond acceptors (Lipinski definition) is 6. The number of methoxy groups -OCH3 is 1. The Bertz CT molecular complexity index is 1610. The first-order valence-electron chi connectivity index (χ1n) is 12.1. The lowest BCUT2D eigenvalue weighted by Crippen LogP contribution is -2.29. The van der Waals surface area contributed by atoms with E-state index in [1.54, 1.807) is 67.6 Å². The maximum absolute atomic E-state index is 13.5. The molecule has 5 rings (SSSR count). The first-order valence-corrected chi connectivity index (χ1v) is 12.4. The Labute approximate surface area is 230 Å². The third-order valence-electron chi connectivity index (χ3n) is 6.39. The van der Waals surface area contributed by atoms with Crippen LogP contribution in [0.5, 0.6) is 23.0 Å². The van der Waals surface area contributed by atoms with Crippen molar-refractivity contribution >= 4 is 34.7 Å². The Kier molecular flexibility index (Phi) is 7.00. The fraction of sp³-hybridized carbons (Fsp3) is 0.0968. The average molecular weight is 542 g/mol. The second kappa shape index (κ2) is 10.6. The maximum Gasteiger partial charge on any atom is 0.300 e. The minimum absolute atomic E-state index is 0.118. The van der Waals surface area contributed by atoms with Crippen LogP contribution < -0.4 is 14.4 Å². The summed E-state index contributed by atoms with van der Waals surface area (Å²) in [5.74, 6) is -1.26. The summed E-state index contributed by atoms with van der Waals surface area (Å²) < 4.78 is 11.4. The van der Waals surface area contributed by atoms with Crippen LogP contribution in [0.4, 0.5) is 5.69 Å². The van der Waals surface area contributed by atoms with E-state index >= 15 is 0 Å². The van der Waals surface area contributed by atoms with Crippen molar-refractivity contribution in [1.82, 2.24) is 0 Å². The molecule has 1 amide bonds. The van der Waals surface area contributed by atoms with Crippen LogP contribution in [0.15, 0.2) is 96.6 Å². The van der Waals surface area contributed by atoms with Crippen molar-refractivity contribution in [2.75, 3.05) is 12.0 Å². The number of carbonyl (C=O) groups is 2. The average Bonchev–Trinajstić information content (AvgIpc) is 3.19. The summed E-state index contributed by atoms with van der Waals surface area (Å²) >= 11 is 6.38. The van der Waals surface area contributed by atoms with Crippen LogP contribution in [0.25, 0.3) is 5.76 Å². The topological polar surface area (TPSA) is 96.3 Å². The number of aromatic hydroxyl groups is 1. The molecular weight excluding hydrogens is 518 g/mol. The highest BCUT2D eigenvalue weighted by molar-refractivity contribution is 6.52. The normalized spacial score (nSPS) is 16.4. The number of rotatable bonds is 6. The van der Waals surface area contributed by atoms with E-state index in [4.69, 9.17) is 21.1 Å². The molecule has 1 aliphatic heterocycles. The van der Waals surface area contributed by atoms with Gasteiger partial charge in [0, 0.05) is 0 Å². The molecule has 1 aliphatic rings. The summed E-state index contributed by atoms with van der Waals surface area (Å²) in [6.07, 6.45) is 0. The van der Waals surface area contributed by atoms with Crippen molar-refractivity contribution in [3.05, 3.63) is 118 Å². The van der Waals surface area contributed by atoms with Crippen LogP contribution in [0.1, 0.15) is 22.7 Å². The van der Waals surface area contributed by atoms with Crippen molar-refractivity contribution < 1.29 is 29.3 Å². The Hall–Kier alpha value is -4.75. The molecule has 2 N–H and O–H groups in total. The van der Waals surface area contributed by atoms with Crippen LogP contribution >= 0.6 is 11.6 Å². The lowest BCUT2D eigenvalue weighted by molar-refractivity contribution is -0.132. The first kappa shape index (κ1) is 25.9. The number of phenols is 1. The summed E-state index contributed by atoms with van der Waals surface area (Å²) in [6.45, 7) is 1.78. The first-order chi connectivity index (χ1) is 18.8. The van der Waals surface area contributed by atoms with Crippen molar-refractivity contribution in [3.63, 3.8) is 0 Å². The SMILES string of the molecule is COc1c(Cl)cc(C)cc1/C(O)=C1\C(=O)C(=O)N(c2ccccc2O)C1c1cccc(Oc2ccccc2)c1. The zero-order chi connectivity index (χ0) is 27.7. The number of aryl methyl sites for hydroxylation is 1. The summed E-state index contributed by atoms with van der Waals surface area (Å²) in [5.41, 5.74) is 1.30. The molecule has 1 unspecified atom stereocenters. The van der Waals surface area contributed by atoms with Crippen LogP contribution in [0.3, 0.4) is 0 Å². The summed E-state index contributed by atoms with van der Waals surface area (Å²) in [7, 11) is 1.40. The third-order valence-corrected chi connectivity index (χ3v) is 6.67. The van der Waals surface area contributed by atoms with Gasteiger partial charge in [-0.05, 0) is 66.6 Å². The Morgan fingerprint density at radius 2 is 1.59 bits per heavy atom. The van der Waals surface area contributed by atoms with E-state index in [2.05, 4.69) is 0 Å². The Morgan fingerprint density at radius 1 is 0.897 bits per heavy atom. The van der Waals surface area contributed by atoms with Gasteiger partial charge in [0.1, 0.15) is 28.8 Å². The standard InChI is InChI=1S/C31H24ClNO6/c1-18-15-22(30(38-2)23(32)16-18)28(35)26-27(33(31(37)29(26)36)24-13-6-7-14-25(24)34)19-9-8-12-21(17-19)39-20-10-4-3-5-11-20/h3-17,27,34-35H,1-2H3/b28-26+. The lowest BCUT2D eigenvalue weighted by Gasteiger charge is -2.26. The van der Waals surface area contributed by atoms with Gasteiger partial charge in [-0.2, -0.15) is 0 Å². The summed E-state index contributed by atoms with van der Waals surface area (Å²) in [6, 6.07) is 24.4. The number of benzene rings is 4. The number of halogens is 1. The highest BCUT2D eigenvalue weighted by Crippen LogP contribution is 2.46. The molecule has 0 aliphatic carbocycles. The summed E-state index contributed by atoms with van der Waals surface area (Å²) in [5, 5.41) is 22.5. The number of nitrogens with zero attached hydrogens (tertiary/aromatic N) is 1. The predicted molar refractivity (Wildman–Crippen MR) is 149 cm³/mol. The van der Waals surface area contributed by atoms with Gasteiger partial charge >= 0.3 is 0 Å². The van der Waals surface area contributed by atoms with Gasteiger partial charge in [-0.1, -0.05) is 54.1 Å². The van der Waals surface area contributed by atoms with Gasteiger partial charge in [-0.15, -0.1) is 0 Å². The number of Topliss-reactive ketones (excluding diaryl/α,β-unsaturated/α-hetero) is 1. The predicted octanol–water partition coefficient (Wildman–Crippen LogP) is 6.78. The van der Waals surface area contributed by atoms with E-state index < -0.39 is 23.5 Å². The number of aliphatic hydroxyl groups is 1. The van der Waals surface area contributed by atoms with Crippen LogP contribution in [-0.4, -0.2) is 29.0 Å². The van der Waals surface area contributed by atoms with E-state index in [-0.39, 0.29) is 33.3 Å². The number of amides is 1. The molecule has 8 heteroatoms. The number of ketones is 1. The Morgan fingerprint density at radius 3 is 2.31 bits per heavy atom. The number of ether oxygens (including phenoxy) is 2. The largest absolute Gasteiger partial charge is 0.507 e. The molecule has 1 fully saturated rings. The van der Waals surface area contributed by atoms with Crippen molar-refractivity contribution in [1.29, 1.82) is 0 Å². The molecular formula is C31H24ClNO6. The smallest absolute Gasteiger partial charge is 0.300 e. The molecule has 0 radical (unpaired) electrons. The lowest BCUT2D eigenvalue weighted by atomic mass is 9.94. The van der Waals surface area contributed by atoms with Gasteiger partial charge in [0.15, 0.2) is 0 Å². The molecule has 4 aromatic carbocycles. The van der Waals surface area contributed by atoms with Crippen LogP contribution in [0, 0.1) is 6.92 Å². The maximum atomic E-state index is 13.5. The number of phenolic OH excluding ortho intramolecular Hbond substituents is 1. The number of para-hydroxylation sites is 3. The highest BCUT2D eigenvalue weighted by atomic mass is 35.5. The molecule has 1 heterocycles. The molecule has 0 aromatic heterocycles. The van der Waals surface area contributed by atoms with Gasteiger partial charge in [-0.25, -0.2) is 0 Å². The molecule has 0 spiro atoms. The third kappa shape index (κ3) is 4.80. The van der Waals surface area contributed by atoms with Crippen LogP contribution in [-0.2, 0) is 9.59 Å². The minimum atomic E-state index is -1.10. The quantitative estimate of drug-likeness (QED) is 0.159. The van der Waals surface area contributed by atoms with Crippen molar-refractivity contribution in [3.8, 4) is 23.0 Å². The zero-order valence-electron chi connectivity index (χ0n) is 21.1. The van der Waals surface area contributed by atoms with Gasteiger partial charge in [-0.3, -0.25) is 14.5 Å². The van der Waals surface area contributed by atoms with Crippen LogP contribution in [0.2, 0.25) is 5.02 Å². The molecule has 0 saturated carbocycles. The molecule has 0 bridgehead atoms. The highest BCUT2D eigenvalue weighted by Gasteiger charge is 2.48. The number of anilines is 1. The fourth-order valence-electron chi connectivity index (χ4n) is 4.69. The van der Waals surface area contributed by atoms with Gasteiger partial charge in [0.25, 0.3) is 11.7 Å². The monoisotopic (exact) mass is 541 g/mol. The minimum Gasteiger partial charge on any atom is -0.507 e. The van der Waals surface area contributed by atoms with Gasteiger partial charge in [0.2, 0.25) is 0 Å². The van der Waals surface area contributed by atoms with E-state index in [0.717, 1.165) is 0 Å². The molecule has 7 nitrogen and oxygen atoms in total. The van der Waals surface area contributed by atoms with E-state index in [1.807, 2.05) is 18.2 Å². The van der Waals surface area contributed by atoms with E-state index in [9.17, 15) is 19.8 Å². The zero-order valence-corrected chi connectivity index (χ0v) is 21.8. The Balaban J connectivity index is 1.73. The van der Waals surface area contributed by atoms with Gasteiger partial charge in [0.05, 0.1) is 35.0 Å². The number of carbonyl (C=O) groups excluding carboxylic acids is 2. The fourth-order valence-corrected chi connectivity index (χ4v) is 5.05. The van der Waals surface area contributed by atoms with Gasteiger partial charge < -0.3 is 19.7 Å². The molecule has 1 saturated heterocycles. The molecule has 1 atom stereocenters. The second-order valence-corrected chi connectivity index (χ2v) is 9.38. The number of hydrogen-bond donors (Lipinski definition) is 2. The van der Waals surface area contributed by atoms with E-state index in [1.165, 1.54) is 24.1 Å². The summed E-state index contributed by atoms with van der Waals surface area (Å²) in [4.78, 5) is 28.2. The second-order valence-electron chi connectivity index (χ2n) is 8.97. The van der Waals surface area contributed by atoms with Crippen molar-refractivity contribution in [2.24, 2.45) is 0 Å². The van der Waals surface area contributed by atoms with E-state index in [0.29, 0.717) is 22.6 Å².